The molecule has 0 radical (unpaired) electrons. The first-order chi connectivity index (χ1) is 15.0. The Morgan fingerprint density at radius 3 is 2.34 bits per heavy atom. The van der Waals surface area contributed by atoms with Gasteiger partial charge in [0.1, 0.15) is 12.6 Å². The number of amides is 2. The third-order valence-corrected chi connectivity index (χ3v) is 6.74. The average Bonchev–Trinajstić information content (AvgIpc) is 2.73. The molecule has 0 fully saturated rings. The fraction of sp³-hybridized carbons (Fsp3) is 0.391. The van der Waals surface area contributed by atoms with Crippen molar-refractivity contribution in [2.24, 2.45) is 0 Å². The summed E-state index contributed by atoms with van der Waals surface area (Å²) in [5, 5.41) is 3.05. The van der Waals surface area contributed by atoms with Gasteiger partial charge in [0, 0.05) is 18.6 Å². The molecule has 0 aromatic heterocycles. The van der Waals surface area contributed by atoms with Crippen LogP contribution in [0.15, 0.2) is 42.5 Å². The minimum Gasteiger partial charge on any atom is -0.357 e. The summed E-state index contributed by atoms with van der Waals surface area (Å²) in [6.45, 7) is 5.09. The van der Waals surface area contributed by atoms with E-state index in [9.17, 15) is 18.0 Å². The van der Waals surface area contributed by atoms with E-state index in [2.05, 4.69) is 5.32 Å². The van der Waals surface area contributed by atoms with Crippen LogP contribution in [0.25, 0.3) is 0 Å². The number of hydrogen-bond acceptors (Lipinski definition) is 4. The van der Waals surface area contributed by atoms with Crippen molar-refractivity contribution in [2.45, 2.75) is 39.8 Å². The number of benzene rings is 2. The zero-order valence-electron chi connectivity index (χ0n) is 19.1. The third-order valence-electron chi connectivity index (χ3n) is 5.24. The minimum atomic E-state index is -3.77. The molecule has 9 heteroatoms. The van der Waals surface area contributed by atoms with E-state index in [1.807, 2.05) is 19.1 Å². The molecule has 0 aliphatic rings. The first-order valence-corrected chi connectivity index (χ1v) is 12.5. The molecule has 0 unspecified atom stereocenters. The molecule has 0 heterocycles. The third kappa shape index (κ3) is 6.23. The van der Waals surface area contributed by atoms with Crippen LogP contribution in [0.4, 0.5) is 5.69 Å². The summed E-state index contributed by atoms with van der Waals surface area (Å²) in [7, 11) is -2.26. The molecule has 0 aliphatic carbocycles. The van der Waals surface area contributed by atoms with Crippen LogP contribution < -0.4 is 9.62 Å². The van der Waals surface area contributed by atoms with Crippen LogP contribution in [-0.4, -0.2) is 51.0 Å². The van der Waals surface area contributed by atoms with Crippen LogP contribution in [0.3, 0.4) is 0 Å². The zero-order valence-corrected chi connectivity index (χ0v) is 20.6. The molecule has 0 spiro atoms. The number of hydrogen-bond donors (Lipinski definition) is 1. The van der Waals surface area contributed by atoms with E-state index in [1.54, 1.807) is 44.2 Å². The lowest BCUT2D eigenvalue weighted by Gasteiger charge is -2.33. The van der Waals surface area contributed by atoms with Crippen LogP contribution in [0.2, 0.25) is 5.02 Å². The number of nitrogens with one attached hydrogen (secondary N) is 1. The highest BCUT2D eigenvalue weighted by Gasteiger charge is 2.32. The van der Waals surface area contributed by atoms with Crippen molar-refractivity contribution in [3.8, 4) is 0 Å². The van der Waals surface area contributed by atoms with Crippen molar-refractivity contribution in [1.82, 2.24) is 10.2 Å². The van der Waals surface area contributed by atoms with E-state index in [1.165, 1.54) is 11.9 Å². The molecule has 2 amide bonds. The van der Waals surface area contributed by atoms with Gasteiger partial charge in [-0.25, -0.2) is 8.42 Å². The predicted octanol–water partition coefficient (Wildman–Crippen LogP) is 3.28. The van der Waals surface area contributed by atoms with E-state index in [0.29, 0.717) is 22.7 Å². The molecular weight excluding hydrogens is 450 g/mol. The van der Waals surface area contributed by atoms with Gasteiger partial charge in [0.15, 0.2) is 0 Å². The van der Waals surface area contributed by atoms with Gasteiger partial charge in [-0.05, 0) is 49.1 Å². The van der Waals surface area contributed by atoms with Crippen molar-refractivity contribution in [1.29, 1.82) is 0 Å². The highest BCUT2D eigenvalue weighted by Crippen LogP contribution is 2.25. The maximum Gasteiger partial charge on any atom is 0.244 e. The largest absolute Gasteiger partial charge is 0.357 e. The summed E-state index contributed by atoms with van der Waals surface area (Å²) >= 11 is 6.30. The molecule has 174 valence electrons. The van der Waals surface area contributed by atoms with Crippen LogP contribution in [0.1, 0.15) is 30.0 Å². The van der Waals surface area contributed by atoms with Gasteiger partial charge in [0.25, 0.3) is 0 Å². The van der Waals surface area contributed by atoms with Crippen molar-refractivity contribution in [3.63, 3.8) is 0 Å². The Hall–Kier alpha value is -2.58. The van der Waals surface area contributed by atoms with Gasteiger partial charge in [-0.1, -0.05) is 48.9 Å². The molecule has 0 saturated carbocycles. The van der Waals surface area contributed by atoms with Gasteiger partial charge in [0.2, 0.25) is 21.8 Å². The lowest BCUT2D eigenvalue weighted by Crippen LogP contribution is -2.51. The molecule has 2 rings (SSSR count). The van der Waals surface area contributed by atoms with Gasteiger partial charge in [0.05, 0.1) is 11.9 Å². The van der Waals surface area contributed by atoms with Crippen LogP contribution in [-0.2, 0) is 26.2 Å². The lowest BCUT2D eigenvalue weighted by molar-refractivity contribution is -0.140. The first kappa shape index (κ1) is 25.7. The van der Waals surface area contributed by atoms with Gasteiger partial charge < -0.3 is 10.2 Å². The number of rotatable bonds is 9. The Kier molecular flexibility index (Phi) is 8.69. The summed E-state index contributed by atoms with van der Waals surface area (Å²) in [4.78, 5) is 27.4. The Morgan fingerprint density at radius 2 is 1.78 bits per heavy atom. The number of carbonyl (C=O) groups excluding carboxylic acids is 2. The lowest BCUT2D eigenvalue weighted by atomic mass is 10.1. The standard InChI is InChI=1S/C23H30ClN3O4S/c1-6-20(23(29)25-4)26(14-18-9-7-8-10-19(18)24)22(28)15-27(32(5,30)31)21-13-16(2)11-12-17(21)3/h7-13,20H,6,14-15H2,1-5H3,(H,25,29)/t20-/m1/s1. The monoisotopic (exact) mass is 479 g/mol. The topological polar surface area (TPSA) is 86.8 Å². The summed E-state index contributed by atoms with van der Waals surface area (Å²) < 4.78 is 26.4. The average molecular weight is 480 g/mol. The zero-order chi connectivity index (χ0) is 24.1. The van der Waals surface area contributed by atoms with Crippen molar-refractivity contribution >= 4 is 39.1 Å². The fourth-order valence-electron chi connectivity index (χ4n) is 3.48. The number of anilines is 1. The maximum atomic E-state index is 13.5. The quantitative estimate of drug-likeness (QED) is 0.598. The van der Waals surface area contributed by atoms with E-state index >= 15 is 0 Å². The Labute approximate surface area is 195 Å². The van der Waals surface area contributed by atoms with E-state index in [4.69, 9.17) is 11.6 Å². The molecule has 0 aliphatic heterocycles. The number of nitrogens with zero attached hydrogens (tertiary/aromatic N) is 2. The van der Waals surface area contributed by atoms with Gasteiger partial charge in [-0.15, -0.1) is 0 Å². The van der Waals surface area contributed by atoms with Crippen LogP contribution in [0.5, 0.6) is 0 Å². The van der Waals surface area contributed by atoms with Gasteiger partial charge in [-0.2, -0.15) is 0 Å². The molecule has 32 heavy (non-hydrogen) atoms. The molecule has 2 aromatic carbocycles. The molecule has 7 nitrogen and oxygen atoms in total. The number of sulfonamides is 1. The first-order valence-electron chi connectivity index (χ1n) is 10.3. The summed E-state index contributed by atoms with van der Waals surface area (Å²) in [6.07, 6.45) is 1.43. The number of carbonyl (C=O) groups is 2. The normalized spacial score (nSPS) is 12.2. The van der Waals surface area contributed by atoms with E-state index < -0.39 is 28.5 Å². The highest BCUT2D eigenvalue weighted by atomic mass is 35.5. The van der Waals surface area contributed by atoms with Crippen molar-refractivity contribution in [3.05, 3.63) is 64.2 Å². The minimum absolute atomic E-state index is 0.0782. The second kappa shape index (κ2) is 10.8. The summed E-state index contributed by atoms with van der Waals surface area (Å²) in [5.74, 6) is -0.822. The second-order valence-electron chi connectivity index (χ2n) is 7.71. The summed E-state index contributed by atoms with van der Waals surface area (Å²) in [5.41, 5.74) is 2.70. The maximum absolute atomic E-state index is 13.5. The number of aryl methyl sites for hydroxylation is 2. The predicted molar refractivity (Wildman–Crippen MR) is 128 cm³/mol. The Bertz CT molecular complexity index is 1090. The van der Waals surface area contributed by atoms with E-state index in [0.717, 1.165) is 21.7 Å². The Morgan fingerprint density at radius 1 is 1.12 bits per heavy atom. The van der Waals surface area contributed by atoms with Gasteiger partial charge >= 0.3 is 0 Å². The molecule has 0 saturated heterocycles. The van der Waals surface area contributed by atoms with E-state index in [-0.39, 0.29) is 12.5 Å². The molecular formula is C23H30ClN3O4S. The fourth-order valence-corrected chi connectivity index (χ4v) is 4.57. The SMILES string of the molecule is CC[C@H](C(=O)NC)N(Cc1ccccc1Cl)C(=O)CN(c1cc(C)ccc1C)S(C)(=O)=O. The molecule has 0 bridgehead atoms. The number of halogens is 1. The molecule has 1 N–H and O–H groups in total. The van der Waals surface area contributed by atoms with Gasteiger partial charge in [-0.3, -0.25) is 13.9 Å². The van der Waals surface area contributed by atoms with Crippen molar-refractivity contribution < 1.29 is 18.0 Å². The van der Waals surface area contributed by atoms with Crippen LogP contribution in [0, 0.1) is 13.8 Å². The summed E-state index contributed by atoms with van der Waals surface area (Å²) in [6, 6.07) is 11.7. The number of likely N-dealkylation sites (N-methyl/N-ethyl adjacent to an activating group) is 1. The smallest absolute Gasteiger partial charge is 0.244 e. The Balaban J connectivity index is 2.49. The second-order valence-corrected chi connectivity index (χ2v) is 10.0. The van der Waals surface area contributed by atoms with Crippen LogP contribution >= 0.6 is 11.6 Å². The molecule has 2 aromatic rings. The molecule has 1 atom stereocenters. The van der Waals surface area contributed by atoms with Crippen molar-refractivity contribution in [2.75, 3.05) is 24.2 Å². The highest BCUT2D eigenvalue weighted by molar-refractivity contribution is 7.92.